The second kappa shape index (κ2) is 8.56. The number of anilines is 3. The maximum Gasteiger partial charge on any atom is 0.405 e. The summed E-state index contributed by atoms with van der Waals surface area (Å²) in [7, 11) is 0. The molecule has 0 saturated carbocycles. The molecule has 0 spiro atoms. The van der Waals surface area contributed by atoms with Gasteiger partial charge >= 0.3 is 12.2 Å². The first-order chi connectivity index (χ1) is 16.7. The van der Waals surface area contributed by atoms with E-state index in [9.17, 15) is 22.8 Å². The number of nitrogens with zero attached hydrogens (tertiary/aromatic N) is 5. The predicted molar refractivity (Wildman–Crippen MR) is 119 cm³/mol. The van der Waals surface area contributed by atoms with E-state index in [0.29, 0.717) is 42.4 Å². The van der Waals surface area contributed by atoms with Gasteiger partial charge in [-0.1, -0.05) is 0 Å². The van der Waals surface area contributed by atoms with E-state index >= 15 is 0 Å². The smallest absolute Gasteiger partial charge is 0.405 e. The Labute approximate surface area is 197 Å². The summed E-state index contributed by atoms with van der Waals surface area (Å²) in [5.74, 6) is 0.515. The largest absolute Gasteiger partial charge is 0.441 e. The zero-order valence-electron chi connectivity index (χ0n) is 18.5. The molecule has 0 aliphatic carbocycles. The Kier molecular flexibility index (Phi) is 5.53. The van der Waals surface area contributed by atoms with Gasteiger partial charge < -0.3 is 14.6 Å². The van der Waals surface area contributed by atoms with Gasteiger partial charge in [-0.15, -0.1) is 0 Å². The lowest BCUT2D eigenvalue weighted by Gasteiger charge is -2.35. The average Bonchev–Trinajstić information content (AvgIpc) is 3.44. The average molecular weight is 487 g/mol. The number of alkyl halides is 3. The normalized spacial score (nSPS) is 16.7. The zero-order valence-corrected chi connectivity index (χ0v) is 18.5. The molecule has 2 aliphatic heterocycles. The Morgan fingerprint density at radius 1 is 1.23 bits per heavy atom. The summed E-state index contributed by atoms with van der Waals surface area (Å²) < 4.78 is 43.1. The second-order valence-corrected chi connectivity index (χ2v) is 8.20. The predicted octanol–water partition coefficient (Wildman–Crippen LogP) is 3.36. The van der Waals surface area contributed by atoms with E-state index < -0.39 is 24.7 Å². The van der Waals surface area contributed by atoms with Crippen LogP contribution in [0.15, 0.2) is 41.1 Å². The molecule has 3 aromatic heterocycles. The van der Waals surface area contributed by atoms with E-state index in [0.717, 1.165) is 0 Å². The van der Waals surface area contributed by atoms with Crippen molar-refractivity contribution in [3.05, 3.63) is 48.2 Å². The summed E-state index contributed by atoms with van der Waals surface area (Å²) in [6.45, 7) is 1.50. The highest BCUT2D eigenvalue weighted by atomic mass is 19.4. The fourth-order valence-corrected chi connectivity index (χ4v) is 4.19. The number of hydrogen-bond donors (Lipinski definition) is 2. The van der Waals surface area contributed by atoms with Crippen LogP contribution in [0, 0.1) is 6.92 Å². The number of amides is 3. The molecule has 1 saturated heterocycles. The molecule has 1 fully saturated rings. The fourth-order valence-electron chi connectivity index (χ4n) is 4.19. The third-order valence-electron chi connectivity index (χ3n) is 5.75. The van der Waals surface area contributed by atoms with Gasteiger partial charge in [0.2, 0.25) is 0 Å². The monoisotopic (exact) mass is 487 g/mol. The molecule has 5 heterocycles. The molecule has 3 aromatic rings. The summed E-state index contributed by atoms with van der Waals surface area (Å²) >= 11 is 0. The number of urea groups is 1. The number of fused-ring (bicyclic) bond motifs is 4. The van der Waals surface area contributed by atoms with Crippen molar-refractivity contribution in [3.63, 3.8) is 0 Å². The van der Waals surface area contributed by atoms with E-state index in [1.165, 1.54) is 17.2 Å². The molecule has 2 bridgehead atoms. The molecule has 1 unspecified atom stereocenters. The molecule has 13 heteroatoms. The molecular weight excluding hydrogens is 467 g/mol. The number of aryl methyl sites for hydroxylation is 1. The topological polar surface area (TPSA) is 116 Å². The van der Waals surface area contributed by atoms with Gasteiger partial charge in [0.25, 0.3) is 5.91 Å². The van der Waals surface area contributed by atoms with E-state index in [-0.39, 0.29) is 23.4 Å². The standard InChI is InChI=1S/C22H20F3N7O3/c1-12-27-9-17(35-12)13-4-6-26-18(8-13)30-21(34)32-14-5-7-31(10-14)16-3-2-15(29-19(16)32)20(33)28-11-22(23,24)25/h2-4,6,8-9,14H,5,7,10-11H2,1H3,(H,28,33)(H,26,30,34). The fraction of sp³-hybridized carbons (Fsp3) is 0.318. The number of rotatable bonds is 4. The van der Waals surface area contributed by atoms with Crippen LogP contribution in [0.4, 0.5) is 35.3 Å². The minimum absolute atomic E-state index is 0.206. The molecule has 0 radical (unpaired) electrons. The van der Waals surface area contributed by atoms with E-state index in [4.69, 9.17) is 4.42 Å². The summed E-state index contributed by atoms with van der Waals surface area (Å²) in [5, 5.41) is 4.56. The lowest BCUT2D eigenvalue weighted by molar-refractivity contribution is -0.123. The molecule has 10 nitrogen and oxygen atoms in total. The minimum atomic E-state index is -4.55. The van der Waals surface area contributed by atoms with Crippen LogP contribution in [0.25, 0.3) is 11.3 Å². The van der Waals surface area contributed by atoms with Gasteiger partial charge in [-0.05, 0) is 30.7 Å². The SMILES string of the molecule is Cc1ncc(-c2ccnc(NC(=O)N3c4nc(C(=O)NCC(F)(F)F)ccc4N4CCC3C4)c2)o1. The van der Waals surface area contributed by atoms with E-state index in [1.807, 2.05) is 10.2 Å². The van der Waals surface area contributed by atoms with Crippen LogP contribution in [-0.2, 0) is 0 Å². The van der Waals surface area contributed by atoms with Gasteiger partial charge in [-0.2, -0.15) is 13.2 Å². The number of hydrogen-bond acceptors (Lipinski definition) is 7. The first-order valence-electron chi connectivity index (χ1n) is 10.8. The molecule has 3 amide bonds. The van der Waals surface area contributed by atoms with Crippen molar-refractivity contribution in [1.82, 2.24) is 20.3 Å². The van der Waals surface area contributed by atoms with Crippen molar-refractivity contribution in [2.45, 2.75) is 25.6 Å². The van der Waals surface area contributed by atoms with Crippen molar-refractivity contribution >= 4 is 29.3 Å². The molecule has 0 aromatic carbocycles. The first-order valence-corrected chi connectivity index (χ1v) is 10.8. The van der Waals surface area contributed by atoms with Crippen LogP contribution >= 0.6 is 0 Å². The minimum Gasteiger partial charge on any atom is -0.441 e. The number of aromatic nitrogens is 3. The first kappa shape index (κ1) is 22.6. The van der Waals surface area contributed by atoms with Crippen LogP contribution in [0.2, 0.25) is 0 Å². The van der Waals surface area contributed by atoms with Gasteiger partial charge in [0.15, 0.2) is 17.5 Å². The summed E-state index contributed by atoms with van der Waals surface area (Å²) in [5.41, 5.74) is 1.08. The Balaban J connectivity index is 1.41. The molecule has 1 atom stereocenters. The van der Waals surface area contributed by atoms with Crippen LogP contribution in [0.5, 0.6) is 0 Å². The lowest BCUT2D eigenvalue weighted by Crippen LogP contribution is -2.48. The van der Waals surface area contributed by atoms with E-state index in [1.54, 1.807) is 31.3 Å². The summed E-state index contributed by atoms with van der Waals surface area (Å²) in [6, 6.07) is 5.56. The lowest BCUT2D eigenvalue weighted by atomic mass is 10.1. The number of carbonyl (C=O) groups excluding carboxylic acids is 2. The van der Waals surface area contributed by atoms with Crippen molar-refractivity contribution in [2.75, 3.05) is 34.8 Å². The van der Waals surface area contributed by atoms with Gasteiger partial charge in [0.1, 0.15) is 18.1 Å². The number of nitrogens with one attached hydrogen (secondary N) is 2. The number of halogens is 3. The molecule has 5 rings (SSSR count). The number of oxazole rings is 1. The van der Waals surface area contributed by atoms with Crippen molar-refractivity contribution in [1.29, 1.82) is 0 Å². The zero-order chi connectivity index (χ0) is 24.7. The maximum absolute atomic E-state index is 13.3. The molecule has 182 valence electrons. The van der Waals surface area contributed by atoms with Crippen molar-refractivity contribution < 1.29 is 27.2 Å². The summed E-state index contributed by atoms with van der Waals surface area (Å²) in [6.07, 6.45) is -0.790. The van der Waals surface area contributed by atoms with Crippen LogP contribution in [0.3, 0.4) is 0 Å². The van der Waals surface area contributed by atoms with Gasteiger partial charge in [-0.3, -0.25) is 15.0 Å². The third-order valence-corrected chi connectivity index (χ3v) is 5.75. The maximum atomic E-state index is 13.3. The Bertz CT molecular complexity index is 1290. The van der Waals surface area contributed by atoms with Crippen molar-refractivity contribution in [3.8, 4) is 11.3 Å². The second-order valence-electron chi connectivity index (χ2n) is 8.20. The Hall–Kier alpha value is -4.16. The Morgan fingerprint density at radius 2 is 2.06 bits per heavy atom. The van der Waals surface area contributed by atoms with E-state index in [2.05, 4.69) is 20.3 Å². The molecule has 2 N–H and O–H groups in total. The molecule has 2 aliphatic rings. The number of carbonyl (C=O) groups is 2. The third kappa shape index (κ3) is 4.61. The highest BCUT2D eigenvalue weighted by Crippen LogP contribution is 2.39. The van der Waals surface area contributed by atoms with Gasteiger partial charge in [-0.25, -0.2) is 19.7 Å². The highest BCUT2D eigenvalue weighted by molar-refractivity contribution is 6.05. The Morgan fingerprint density at radius 3 is 2.80 bits per heavy atom. The highest BCUT2D eigenvalue weighted by Gasteiger charge is 2.40. The molecular formula is C22H20F3N7O3. The number of pyridine rings is 2. The quantitative estimate of drug-likeness (QED) is 0.580. The van der Waals surface area contributed by atoms with Gasteiger partial charge in [0, 0.05) is 31.8 Å². The van der Waals surface area contributed by atoms with Crippen LogP contribution in [0.1, 0.15) is 22.8 Å². The summed E-state index contributed by atoms with van der Waals surface area (Å²) in [4.78, 5) is 41.6. The van der Waals surface area contributed by atoms with Crippen LogP contribution < -0.4 is 20.4 Å². The van der Waals surface area contributed by atoms with Gasteiger partial charge in [0.05, 0.1) is 17.9 Å². The van der Waals surface area contributed by atoms with Crippen LogP contribution in [-0.4, -0.2) is 58.7 Å². The van der Waals surface area contributed by atoms with Crippen molar-refractivity contribution in [2.24, 2.45) is 0 Å². The molecule has 35 heavy (non-hydrogen) atoms.